The highest BCUT2D eigenvalue weighted by molar-refractivity contribution is 6.07. The van der Waals surface area contributed by atoms with Crippen LogP contribution in [0.2, 0.25) is 0 Å². The van der Waals surface area contributed by atoms with Crippen LogP contribution in [0.3, 0.4) is 0 Å². The maximum Gasteiger partial charge on any atom is 0.325 e. The van der Waals surface area contributed by atoms with Crippen molar-refractivity contribution in [1.29, 1.82) is 0 Å². The summed E-state index contributed by atoms with van der Waals surface area (Å²) in [4.78, 5) is 29.8. The third-order valence-corrected chi connectivity index (χ3v) is 3.76. The van der Waals surface area contributed by atoms with E-state index < -0.39 is 29.1 Å². The lowest BCUT2D eigenvalue weighted by Gasteiger charge is -2.22. The molecule has 3 amide bonds. The van der Waals surface area contributed by atoms with Gasteiger partial charge in [-0.15, -0.1) is 0 Å². The molecule has 23 heavy (non-hydrogen) atoms. The summed E-state index contributed by atoms with van der Waals surface area (Å²) in [7, 11) is 0. The highest BCUT2D eigenvalue weighted by Crippen LogP contribution is 2.30. The van der Waals surface area contributed by atoms with E-state index in [4.69, 9.17) is 0 Å². The number of benzene rings is 1. The number of halogens is 2. The Morgan fingerprint density at radius 1 is 1.17 bits per heavy atom. The number of hydrogen-bond acceptors (Lipinski definition) is 3. The molecule has 1 atom stereocenters. The van der Waals surface area contributed by atoms with Crippen LogP contribution in [0.4, 0.5) is 13.6 Å². The summed E-state index contributed by atoms with van der Waals surface area (Å²) in [6.45, 7) is 1.40. The van der Waals surface area contributed by atoms with E-state index >= 15 is 0 Å². The number of amides is 3. The number of nitrogens with one attached hydrogen (secondary N) is 1. The molecule has 118 valence electrons. The van der Waals surface area contributed by atoms with Crippen molar-refractivity contribution in [3.8, 4) is 0 Å². The lowest BCUT2D eigenvalue weighted by molar-refractivity contribution is -0.131. The fourth-order valence-corrected chi connectivity index (χ4v) is 2.53. The second-order valence-corrected chi connectivity index (χ2v) is 5.43. The Morgan fingerprint density at radius 2 is 1.87 bits per heavy atom. The molecule has 0 spiro atoms. The Morgan fingerprint density at radius 3 is 2.48 bits per heavy atom. The minimum absolute atomic E-state index is 0.0150. The molecule has 7 heteroatoms. The van der Waals surface area contributed by atoms with E-state index in [0.717, 1.165) is 17.0 Å². The van der Waals surface area contributed by atoms with Crippen molar-refractivity contribution in [3.05, 3.63) is 65.5 Å². The first-order chi connectivity index (χ1) is 10.9. The molecule has 1 aromatic heterocycles. The lowest BCUT2D eigenvalue weighted by atomic mass is 9.92. The Bertz CT molecular complexity index is 762. The topological polar surface area (TPSA) is 62.3 Å². The van der Waals surface area contributed by atoms with E-state index in [1.165, 1.54) is 6.92 Å². The van der Waals surface area contributed by atoms with Crippen molar-refractivity contribution in [2.75, 3.05) is 0 Å². The summed E-state index contributed by atoms with van der Waals surface area (Å²) in [5.41, 5.74) is -0.933. The van der Waals surface area contributed by atoms with Crippen LogP contribution >= 0.6 is 0 Å². The number of imide groups is 1. The van der Waals surface area contributed by atoms with Gasteiger partial charge >= 0.3 is 6.03 Å². The molecule has 0 aliphatic carbocycles. The van der Waals surface area contributed by atoms with E-state index in [1.807, 2.05) is 0 Å². The van der Waals surface area contributed by atoms with E-state index in [0.29, 0.717) is 11.8 Å². The van der Waals surface area contributed by atoms with Crippen LogP contribution in [0.15, 0.2) is 42.6 Å². The van der Waals surface area contributed by atoms with Gasteiger partial charge in [-0.3, -0.25) is 14.7 Å². The smallest absolute Gasteiger partial charge is 0.319 e. The van der Waals surface area contributed by atoms with Crippen molar-refractivity contribution in [1.82, 2.24) is 15.2 Å². The average Bonchev–Trinajstić information content (AvgIpc) is 2.72. The van der Waals surface area contributed by atoms with Crippen molar-refractivity contribution in [2.24, 2.45) is 0 Å². The Balaban J connectivity index is 1.93. The second-order valence-electron chi connectivity index (χ2n) is 5.43. The van der Waals surface area contributed by atoms with Gasteiger partial charge in [-0.1, -0.05) is 6.07 Å². The lowest BCUT2D eigenvalue weighted by Crippen LogP contribution is -2.41. The fraction of sp³-hybridized carbons (Fsp3) is 0.188. The number of rotatable bonds is 3. The third-order valence-electron chi connectivity index (χ3n) is 3.76. The maximum absolute atomic E-state index is 13.4. The molecule has 0 saturated carbocycles. The van der Waals surface area contributed by atoms with Gasteiger partial charge in [0.05, 0.1) is 12.2 Å². The van der Waals surface area contributed by atoms with Crippen LogP contribution in [-0.4, -0.2) is 21.8 Å². The Kier molecular flexibility index (Phi) is 3.55. The molecule has 1 N–H and O–H groups in total. The van der Waals surface area contributed by atoms with Crippen LogP contribution in [0, 0.1) is 11.6 Å². The van der Waals surface area contributed by atoms with Crippen LogP contribution in [0.1, 0.15) is 18.2 Å². The first-order valence-corrected chi connectivity index (χ1v) is 6.91. The second kappa shape index (κ2) is 5.42. The molecule has 1 saturated heterocycles. The van der Waals surface area contributed by atoms with Crippen LogP contribution < -0.4 is 5.32 Å². The van der Waals surface area contributed by atoms with Gasteiger partial charge in [0.2, 0.25) is 0 Å². The SMILES string of the molecule is C[C@]1(c2cc(F)cc(F)c2)NC(=O)N(Cc2ccccn2)C1=O. The number of carbonyl (C=O) groups excluding carboxylic acids is 2. The standard InChI is InChI=1S/C16H13F2N3O2/c1-16(10-6-11(17)8-12(18)7-10)14(22)21(15(23)20-16)9-13-4-2-3-5-19-13/h2-8H,9H2,1H3,(H,20,23)/t16-/m1/s1. The maximum atomic E-state index is 13.4. The van der Waals surface area contributed by atoms with Gasteiger partial charge in [0.25, 0.3) is 5.91 Å². The first-order valence-electron chi connectivity index (χ1n) is 6.91. The minimum atomic E-state index is -1.52. The fourth-order valence-electron chi connectivity index (χ4n) is 2.53. The van der Waals surface area contributed by atoms with E-state index in [1.54, 1.807) is 24.4 Å². The zero-order chi connectivity index (χ0) is 16.6. The number of pyridine rings is 1. The monoisotopic (exact) mass is 317 g/mol. The summed E-state index contributed by atoms with van der Waals surface area (Å²) in [5, 5.41) is 2.50. The van der Waals surface area contributed by atoms with Gasteiger partial charge in [-0.25, -0.2) is 13.6 Å². The molecule has 2 aromatic rings. The normalized spacial score (nSPS) is 20.7. The van der Waals surface area contributed by atoms with Crippen LogP contribution in [-0.2, 0) is 16.9 Å². The van der Waals surface area contributed by atoms with E-state index in [2.05, 4.69) is 10.3 Å². The summed E-state index contributed by atoms with van der Waals surface area (Å²) < 4.78 is 26.9. The molecule has 2 heterocycles. The van der Waals surface area contributed by atoms with Crippen LogP contribution in [0.25, 0.3) is 0 Å². The van der Waals surface area contributed by atoms with Gasteiger partial charge in [-0.2, -0.15) is 0 Å². The summed E-state index contributed by atoms with van der Waals surface area (Å²) in [6, 6.07) is 7.28. The van der Waals surface area contributed by atoms with Crippen molar-refractivity contribution in [2.45, 2.75) is 19.0 Å². The number of aromatic nitrogens is 1. The van der Waals surface area contributed by atoms with Gasteiger partial charge in [0.15, 0.2) is 0 Å². The molecule has 1 aliphatic heterocycles. The van der Waals surface area contributed by atoms with Crippen LogP contribution in [0.5, 0.6) is 0 Å². The van der Waals surface area contributed by atoms with Crippen molar-refractivity contribution >= 4 is 11.9 Å². The Labute approximate surface area is 130 Å². The summed E-state index contributed by atoms with van der Waals surface area (Å²) in [5.74, 6) is -2.21. The molecule has 1 fully saturated rings. The summed E-state index contributed by atoms with van der Waals surface area (Å²) in [6.07, 6.45) is 1.55. The molecular formula is C16H13F2N3O2. The number of nitrogens with zero attached hydrogens (tertiary/aromatic N) is 2. The minimum Gasteiger partial charge on any atom is -0.319 e. The summed E-state index contributed by atoms with van der Waals surface area (Å²) >= 11 is 0. The first kappa shape index (κ1) is 15.1. The van der Waals surface area contributed by atoms with Gasteiger partial charge < -0.3 is 5.32 Å². The highest BCUT2D eigenvalue weighted by atomic mass is 19.1. The van der Waals surface area contributed by atoms with Crippen molar-refractivity contribution < 1.29 is 18.4 Å². The molecule has 3 rings (SSSR count). The highest BCUT2D eigenvalue weighted by Gasteiger charge is 2.49. The quantitative estimate of drug-likeness (QED) is 0.884. The van der Waals surface area contributed by atoms with E-state index in [9.17, 15) is 18.4 Å². The number of urea groups is 1. The molecule has 0 bridgehead atoms. The Hall–Kier alpha value is -2.83. The zero-order valence-corrected chi connectivity index (χ0v) is 12.2. The largest absolute Gasteiger partial charge is 0.325 e. The third kappa shape index (κ3) is 2.65. The molecule has 1 aromatic carbocycles. The van der Waals surface area contributed by atoms with Gasteiger partial charge in [0.1, 0.15) is 17.2 Å². The molecule has 0 unspecified atom stereocenters. The average molecular weight is 317 g/mol. The molecule has 1 aliphatic rings. The molecule has 5 nitrogen and oxygen atoms in total. The molecule has 0 radical (unpaired) electrons. The van der Waals surface area contributed by atoms with E-state index in [-0.39, 0.29) is 12.1 Å². The molecular weight excluding hydrogens is 304 g/mol. The predicted octanol–water partition coefficient (Wildman–Crippen LogP) is 2.33. The van der Waals surface area contributed by atoms with Crippen molar-refractivity contribution in [3.63, 3.8) is 0 Å². The van der Waals surface area contributed by atoms with Gasteiger partial charge in [-0.05, 0) is 36.8 Å². The van der Waals surface area contributed by atoms with Gasteiger partial charge in [0, 0.05) is 12.3 Å². The predicted molar refractivity (Wildman–Crippen MR) is 77.0 cm³/mol. The number of hydrogen-bond donors (Lipinski definition) is 1. The number of carbonyl (C=O) groups is 2. The zero-order valence-electron chi connectivity index (χ0n) is 12.2.